The van der Waals surface area contributed by atoms with Gasteiger partial charge in [0.25, 0.3) is 5.91 Å². The van der Waals surface area contributed by atoms with E-state index in [-0.39, 0.29) is 11.6 Å². The van der Waals surface area contributed by atoms with Crippen molar-refractivity contribution in [2.24, 2.45) is 5.73 Å². The Morgan fingerprint density at radius 3 is 2.16 bits per heavy atom. The van der Waals surface area contributed by atoms with Crippen molar-refractivity contribution < 1.29 is 14.4 Å². The molecule has 2 aromatic carbocycles. The SMILES string of the molecule is Cc1ccc(NC(=O)Nc2ccc(-c3nsc(NC(=O)NCCCN4CCCC4)c3C(N)=O)cc2)cc1. The molecule has 6 N–H and O–H groups in total. The molecule has 0 saturated carbocycles. The Labute approximate surface area is 219 Å². The Morgan fingerprint density at radius 1 is 0.919 bits per heavy atom. The second-order valence-electron chi connectivity index (χ2n) is 8.91. The zero-order valence-electron chi connectivity index (χ0n) is 20.7. The summed E-state index contributed by atoms with van der Waals surface area (Å²) >= 11 is 0.994. The number of primary amides is 1. The smallest absolute Gasteiger partial charge is 0.323 e. The van der Waals surface area contributed by atoms with E-state index in [0.717, 1.165) is 43.2 Å². The minimum atomic E-state index is -0.687. The fourth-order valence-corrected chi connectivity index (χ4v) is 4.91. The summed E-state index contributed by atoms with van der Waals surface area (Å²) in [6, 6.07) is 13.6. The highest BCUT2D eigenvalue weighted by Gasteiger charge is 2.21. The Kier molecular flexibility index (Phi) is 8.70. The van der Waals surface area contributed by atoms with Gasteiger partial charge in [0.05, 0.1) is 5.69 Å². The Hall–Kier alpha value is -3.96. The molecule has 4 rings (SSSR count). The third-order valence-corrected chi connectivity index (χ3v) is 6.79. The first-order valence-corrected chi connectivity index (χ1v) is 13.0. The number of aryl methyl sites for hydroxylation is 1. The number of benzene rings is 2. The molecule has 0 unspecified atom stereocenters. The van der Waals surface area contributed by atoms with Crippen LogP contribution in [0.2, 0.25) is 0 Å². The number of carbonyl (C=O) groups is 3. The van der Waals surface area contributed by atoms with Gasteiger partial charge >= 0.3 is 12.1 Å². The first kappa shape index (κ1) is 26.1. The van der Waals surface area contributed by atoms with Crippen molar-refractivity contribution in [2.75, 3.05) is 42.1 Å². The van der Waals surface area contributed by atoms with Crippen LogP contribution >= 0.6 is 11.5 Å². The summed E-state index contributed by atoms with van der Waals surface area (Å²) < 4.78 is 4.35. The third kappa shape index (κ3) is 7.28. The molecule has 1 aromatic heterocycles. The van der Waals surface area contributed by atoms with Gasteiger partial charge < -0.3 is 26.6 Å². The summed E-state index contributed by atoms with van der Waals surface area (Å²) in [7, 11) is 0. The van der Waals surface area contributed by atoms with E-state index in [2.05, 4.69) is 30.5 Å². The van der Waals surface area contributed by atoms with Gasteiger partial charge in [0.15, 0.2) is 0 Å². The van der Waals surface area contributed by atoms with E-state index in [1.54, 1.807) is 24.3 Å². The number of anilines is 3. The zero-order chi connectivity index (χ0) is 26.2. The Balaban J connectivity index is 1.34. The summed E-state index contributed by atoms with van der Waals surface area (Å²) in [5.41, 5.74) is 9.13. The average Bonchev–Trinajstić information content (AvgIpc) is 3.54. The summed E-state index contributed by atoms with van der Waals surface area (Å²) in [6.07, 6.45) is 3.33. The van der Waals surface area contributed by atoms with Gasteiger partial charge in [-0.15, -0.1) is 0 Å². The van der Waals surface area contributed by atoms with Gasteiger partial charge in [-0.1, -0.05) is 29.8 Å². The number of nitrogens with one attached hydrogen (secondary N) is 4. The molecule has 0 bridgehead atoms. The molecule has 1 aliphatic rings. The molecule has 2 heterocycles. The molecule has 10 nitrogen and oxygen atoms in total. The first-order chi connectivity index (χ1) is 17.9. The van der Waals surface area contributed by atoms with Crippen LogP contribution in [0.5, 0.6) is 0 Å². The number of aromatic nitrogens is 1. The van der Waals surface area contributed by atoms with E-state index in [4.69, 9.17) is 5.73 Å². The Morgan fingerprint density at radius 2 is 1.54 bits per heavy atom. The molecule has 194 valence electrons. The molecule has 37 heavy (non-hydrogen) atoms. The number of amides is 5. The van der Waals surface area contributed by atoms with Crippen molar-refractivity contribution in [3.8, 4) is 11.3 Å². The lowest BCUT2D eigenvalue weighted by Crippen LogP contribution is -2.32. The van der Waals surface area contributed by atoms with Crippen LogP contribution in [0.4, 0.5) is 26.0 Å². The van der Waals surface area contributed by atoms with Gasteiger partial charge in [-0.05, 0) is 81.6 Å². The molecule has 1 saturated heterocycles. The predicted molar refractivity (Wildman–Crippen MR) is 147 cm³/mol. The van der Waals surface area contributed by atoms with Crippen molar-refractivity contribution in [1.29, 1.82) is 0 Å². The number of rotatable bonds is 9. The lowest BCUT2D eigenvalue weighted by atomic mass is 10.1. The number of nitrogens with two attached hydrogens (primary N) is 1. The molecular weight excluding hydrogens is 490 g/mol. The van der Waals surface area contributed by atoms with Crippen molar-refractivity contribution in [3.05, 3.63) is 59.7 Å². The standard InChI is InChI=1S/C26H31N7O3S/c1-17-5-9-19(10-6-17)29-26(36)30-20-11-7-18(8-12-20)22-21(23(27)34)24(37-32-22)31-25(35)28-13-4-16-33-14-2-3-15-33/h5-12H,2-4,13-16H2,1H3,(H2,27,34)(H2,28,31,35)(H2,29,30,36). The normalized spacial score (nSPS) is 13.2. The van der Waals surface area contributed by atoms with Crippen molar-refractivity contribution in [3.63, 3.8) is 0 Å². The van der Waals surface area contributed by atoms with Gasteiger partial charge in [-0.3, -0.25) is 10.1 Å². The summed E-state index contributed by atoms with van der Waals surface area (Å²) in [5, 5.41) is 11.3. The molecule has 3 aromatic rings. The second-order valence-corrected chi connectivity index (χ2v) is 9.68. The van der Waals surface area contributed by atoms with Crippen molar-refractivity contribution in [2.45, 2.75) is 26.2 Å². The highest BCUT2D eigenvalue weighted by molar-refractivity contribution is 7.11. The summed E-state index contributed by atoms with van der Waals surface area (Å²) in [6.45, 7) is 5.70. The third-order valence-electron chi connectivity index (χ3n) is 6.03. The minimum absolute atomic E-state index is 0.148. The van der Waals surface area contributed by atoms with Crippen molar-refractivity contribution >= 4 is 45.9 Å². The predicted octanol–water partition coefficient (Wildman–Crippen LogP) is 4.47. The molecule has 1 fully saturated rings. The maximum Gasteiger partial charge on any atom is 0.323 e. The van der Waals surface area contributed by atoms with Crippen LogP contribution in [0, 0.1) is 6.92 Å². The number of likely N-dealkylation sites (tertiary alicyclic amines) is 1. The van der Waals surface area contributed by atoms with Gasteiger partial charge in [-0.2, -0.15) is 4.37 Å². The summed E-state index contributed by atoms with van der Waals surface area (Å²) in [4.78, 5) is 39.3. The molecule has 0 radical (unpaired) electrons. The van der Waals surface area contributed by atoms with Crippen LogP contribution < -0.4 is 27.0 Å². The van der Waals surface area contributed by atoms with Gasteiger partial charge in [0.1, 0.15) is 10.6 Å². The number of carbonyl (C=O) groups excluding carboxylic acids is 3. The minimum Gasteiger partial charge on any atom is -0.365 e. The molecule has 1 aliphatic heterocycles. The number of hydrogen-bond acceptors (Lipinski definition) is 6. The van der Waals surface area contributed by atoms with Crippen LogP contribution in [0.25, 0.3) is 11.3 Å². The lowest BCUT2D eigenvalue weighted by molar-refractivity contribution is 0.100. The first-order valence-electron chi connectivity index (χ1n) is 12.2. The van der Waals surface area contributed by atoms with Gasteiger partial charge in [0, 0.05) is 23.5 Å². The zero-order valence-corrected chi connectivity index (χ0v) is 21.5. The molecule has 0 spiro atoms. The monoisotopic (exact) mass is 521 g/mol. The fourth-order valence-electron chi connectivity index (χ4n) is 4.10. The average molecular weight is 522 g/mol. The van der Waals surface area contributed by atoms with Crippen LogP contribution in [0.1, 0.15) is 35.2 Å². The fraction of sp³-hybridized carbons (Fsp3) is 0.308. The molecule has 0 aliphatic carbocycles. The van der Waals surface area contributed by atoms with Crippen LogP contribution in [0.3, 0.4) is 0 Å². The molecule has 11 heteroatoms. The number of hydrogen-bond donors (Lipinski definition) is 5. The van der Waals surface area contributed by atoms with Crippen molar-refractivity contribution in [1.82, 2.24) is 14.6 Å². The number of nitrogens with zero attached hydrogens (tertiary/aromatic N) is 2. The topological polar surface area (TPSA) is 141 Å². The highest BCUT2D eigenvalue weighted by Crippen LogP contribution is 2.32. The lowest BCUT2D eigenvalue weighted by Gasteiger charge is -2.14. The molecule has 5 amide bonds. The maximum absolute atomic E-state index is 12.4. The Bertz CT molecular complexity index is 1240. The number of urea groups is 2. The van der Waals surface area contributed by atoms with E-state index < -0.39 is 11.9 Å². The van der Waals surface area contributed by atoms with Crippen LogP contribution in [0.15, 0.2) is 48.5 Å². The maximum atomic E-state index is 12.4. The quantitative estimate of drug-likeness (QED) is 0.264. The molecular formula is C26H31N7O3S. The second kappa shape index (κ2) is 12.3. The van der Waals surface area contributed by atoms with Crippen LogP contribution in [-0.2, 0) is 0 Å². The van der Waals surface area contributed by atoms with E-state index in [0.29, 0.717) is 34.2 Å². The summed E-state index contributed by atoms with van der Waals surface area (Å²) in [5.74, 6) is -0.687. The van der Waals surface area contributed by atoms with Crippen LogP contribution in [-0.4, -0.2) is 53.4 Å². The van der Waals surface area contributed by atoms with E-state index >= 15 is 0 Å². The highest BCUT2D eigenvalue weighted by atomic mass is 32.1. The van der Waals surface area contributed by atoms with E-state index in [1.165, 1.54) is 12.8 Å². The van der Waals surface area contributed by atoms with Gasteiger partial charge in [-0.25, -0.2) is 9.59 Å². The van der Waals surface area contributed by atoms with E-state index in [1.807, 2.05) is 31.2 Å². The molecule has 0 atom stereocenters. The van der Waals surface area contributed by atoms with Gasteiger partial charge in [0.2, 0.25) is 0 Å². The largest absolute Gasteiger partial charge is 0.365 e. The van der Waals surface area contributed by atoms with E-state index in [9.17, 15) is 14.4 Å².